The molecule has 0 saturated carbocycles. The van der Waals surface area contributed by atoms with E-state index in [1.165, 1.54) is 6.07 Å². The highest BCUT2D eigenvalue weighted by atomic mass is 35.5. The van der Waals surface area contributed by atoms with Crippen molar-refractivity contribution in [3.63, 3.8) is 0 Å². The average Bonchev–Trinajstić information content (AvgIpc) is 2.42. The first kappa shape index (κ1) is 14.9. The lowest BCUT2D eigenvalue weighted by Crippen LogP contribution is -2.09. The van der Waals surface area contributed by atoms with Crippen molar-refractivity contribution in [2.45, 2.75) is 6.61 Å². The van der Waals surface area contributed by atoms with Gasteiger partial charge >= 0.3 is 5.97 Å². The average molecular weight is 311 g/mol. The van der Waals surface area contributed by atoms with Gasteiger partial charge in [0.1, 0.15) is 5.75 Å². The van der Waals surface area contributed by atoms with Crippen LogP contribution in [-0.4, -0.2) is 13.1 Å². The van der Waals surface area contributed by atoms with Gasteiger partial charge in [0.05, 0.1) is 17.2 Å². The van der Waals surface area contributed by atoms with E-state index >= 15 is 0 Å². The molecule has 104 valence electrons. The first-order valence-electron chi connectivity index (χ1n) is 5.85. The lowest BCUT2D eigenvalue weighted by molar-refractivity contribution is 0.0734. The van der Waals surface area contributed by atoms with Crippen LogP contribution < -0.4 is 4.74 Å². The van der Waals surface area contributed by atoms with Gasteiger partial charge in [-0.3, -0.25) is 0 Å². The first-order chi connectivity index (χ1) is 9.60. The lowest BCUT2D eigenvalue weighted by atomic mass is 10.1. The molecular weight excluding hydrogens is 299 g/mol. The Morgan fingerprint density at radius 3 is 2.65 bits per heavy atom. The zero-order valence-corrected chi connectivity index (χ0v) is 12.2. The Morgan fingerprint density at radius 2 is 1.95 bits per heavy atom. The van der Waals surface area contributed by atoms with E-state index in [4.69, 9.17) is 32.7 Å². The number of methoxy groups -OCH3 is 1. The normalized spacial score (nSPS) is 10.3. The number of rotatable bonds is 4. The summed E-state index contributed by atoms with van der Waals surface area (Å²) in [6.07, 6.45) is 0. The molecule has 0 unspecified atom stereocenters. The van der Waals surface area contributed by atoms with Gasteiger partial charge in [-0.2, -0.15) is 0 Å². The van der Waals surface area contributed by atoms with E-state index in [-0.39, 0.29) is 5.75 Å². The van der Waals surface area contributed by atoms with E-state index in [0.717, 1.165) is 5.56 Å². The number of hydrogen-bond acceptors (Lipinski definition) is 3. The molecule has 0 bridgehead atoms. The molecule has 0 aliphatic carbocycles. The first-order valence-corrected chi connectivity index (χ1v) is 6.61. The molecule has 0 N–H and O–H groups in total. The summed E-state index contributed by atoms with van der Waals surface area (Å²) in [7, 11) is 1.60. The number of esters is 1. The highest BCUT2D eigenvalue weighted by Gasteiger charge is 2.11. The molecule has 0 radical (unpaired) electrons. The molecule has 0 aromatic heterocycles. The Labute approximate surface area is 127 Å². The molecule has 0 heterocycles. The van der Waals surface area contributed by atoms with Gasteiger partial charge in [0.15, 0.2) is 0 Å². The summed E-state index contributed by atoms with van der Waals surface area (Å²) in [4.78, 5) is 12.1. The van der Waals surface area contributed by atoms with Gasteiger partial charge in [0, 0.05) is 12.1 Å². The molecule has 0 amide bonds. The van der Waals surface area contributed by atoms with Crippen molar-refractivity contribution in [2.75, 3.05) is 7.11 Å². The smallest absolute Gasteiger partial charge is 0.343 e. The third kappa shape index (κ3) is 3.73. The topological polar surface area (TPSA) is 35.5 Å². The molecule has 0 fully saturated rings. The fourth-order valence-electron chi connectivity index (χ4n) is 1.67. The molecule has 0 aliphatic rings. The van der Waals surface area contributed by atoms with Crippen LogP contribution in [0.4, 0.5) is 0 Å². The summed E-state index contributed by atoms with van der Waals surface area (Å²) >= 11 is 11.7. The van der Waals surface area contributed by atoms with Crippen molar-refractivity contribution >= 4 is 29.2 Å². The van der Waals surface area contributed by atoms with E-state index in [1.54, 1.807) is 37.4 Å². The second-order valence-corrected chi connectivity index (χ2v) is 4.94. The molecule has 5 heteroatoms. The van der Waals surface area contributed by atoms with Crippen LogP contribution in [0.2, 0.25) is 10.0 Å². The Bertz CT molecular complexity index is 626. The summed E-state index contributed by atoms with van der Waals surface area (Å²) in [6.45, 7) is 0.433. The molecule has 2 aromatic rings. The third-order valence-electron chi connectivity index (χ3n) is 2.57. The summed E-state index contributed by atoms with van der Waals surface area (Å²) in [6, 6.07) is 11.7. The minimum atomic E-state index is -0.479. The Hall–Kier alpha value is -1.55. The fraction of sp³-hybridized carbons (Fsp3) is 0.133. The van der Waals surface area contributed by atoms with Crippen LogP contribution in [0.25, 0.3) is 0 Å². The van der Waals surface area contributed by atoms with Gasteiger partial charge in [-0.15, -0.1) is 0 Å². The molecule has 2 rings (SSSR count). The Morgan fingerprint density at radius 1 is 1.15 bits per heavy atom. The standard InChI is InChI=1S/C15H12Cl2O3/c1-19-9-10-3-2-4-11(7-10)15(18)20-14-6-5-12(16)8-13(14)17/h2-8H,9H2,1H3. The number of ether oxygens (including phenoxy) is 2. The van der Waals surface area contributed by atoms with Crippen LogP contribution in [0.15, 0.2) is 42.5 Å². The van der Waals surface area contributed by atoms with Gasteiger partial charge in [-0.1, -0.05) is 35.3 Å². The van der Waals surface area contributed by atoms with Gasteiger partial charge in [-0.05, 0) is 35.9 Å². The maximum atomic E-state index is 12.1. The van der Waals surface area contributed by atoms with Crippen molar-refractivity contribution < 1.29 is 14.3 Å². The lowest BCUT2D eigenvalue weighted by Gasteiger charge is -2.07. The van der Waals surface area contributed by atoms with Gasteiger partial charge < -0.3 is 9.47 Å². The summed E-state index contributed by atoms with van der Waals surface area (Å²) in [5.74, 6) is -0.203. The fourth-order valence-corrected chi connectivity index (χ4v) is 2.12. The SMILES string of the molecule is COCc1cccc(C(=O)Oc2ccc(Cl)cc2Cl)c1. The van der Waals surface area contributed by atoms with Crippen LogP contribution in [0.1, 0.15) is 15.9 Å². The van der Waals surface area contributed by atoms with Crippen molar-refractivity contribution in [3.8, 4) is 5.75 Å². The molecule has 0 atom stereocenters. The van der Waals surface area contributed by atoms with Crippen LogP contribution >= 0.6 is 23.2 Å². The zero-order chi connectivity index (χ0) is 14.5. The number of carbonyl (C=O) groups excluding carboxylic acids is 1. The highest BCUT2D eigenvalue weighted by Crippen LogP contribution is 2.28. The number of benzene rings is 2. The Balaban J connectivity index is 2.17. The second kappa shape index (κ2) is 6.75. The predicted molar refractivity (Wildman–Crippen MR) is 78.6 cm³/mol. The van der Waals surface area contributed by atoms with E-state index in [9.17, 15) is 4.79 Å². The highest BCUT2D eigenvalue weighted by molar-refractivity contribution is 6.35. The predicted octanol–water partition coefficient (Wildman–Crippen LogP) is 4.36. The molecular formula is C15H12Cl2O3. The van der Waals surface area contributed by atoms with Crippen molar-refractivity contribution in [1.82, 2.24) is 0 Å². The third-order valence-corrected chi connectivity index (χ3v) is 3.10. The van der Waals surface area contributed by atoms with Gasteiger partial charge in [-0.25, -0.2) is 4.79 Å². The minimum Gasteiger partial charge on any atom is -0.421 e. The van der Waals surface area contributed by atoms with Crippen molar-refractivity contribution in [1.29, 1.82) is 0 Å². The zero-order valence-electron chi connectivity index (χ0n) is 10.7. The maximum Gasteiger partial charge on any atom is 0.343 e. The Kier molecular flexibility index (Phi) is 5.01. The summed E-state index contributed by atoms with van der Waals surface area (Å²) in [5.41, 5.74) is 1.33. The van der Waals surface area contributed by atoms with E-state index in [1.807, 2.05) is 6.07 Å². The largest absolute Gasteiger partial charge is 0.421 e. The molecule has 0 saturated heterocycles. The number of hydrogen-bond donors (Lipinski definition) is 0. The quantitative estimate of drug-likeness (QED) is 0.622. The van der Waals surface area contributed by atoms with Gasteiger partial charge in [0.2, 0.25) is 0 Å². The molecule has 3 nitrogen and oxygen atoms in total. The summed E-state index contributed by atoms with van der Waals surface area (Å²) in [5, 5.41) is 0.774. The molecule has 0 spiro atoms. The van der Waals surface area contributed by atoms with Crippen LogP contribution in [0.3, 0.4) is 0 Å². The molecule has 0 aliphatic heterocycles. The van der Waals surface area contributed by atoms with Crippen LogP contribution in [0, 0.1) is 0 Å². The van der Waals surface area contributed by atoms with E-state index < -0.39 is 5.97 Å². The number of halogens is 2. The van der Waals surface area contributed by atoms with E-state index in [2.05, 4.69) is 0 Å². The van der Waals surface area contributed by atoms with Gasteiger partial charge in [0.25, 0.3) is 0 Å². The molecule has 20 heavy (non-hydrogen) atoms. The van der Waals surface area contributed by atoms with Crippen LogP contribution in [-0.2, 0) is 11.3 Å². The second-order valence-electron chi connectivity index (χ2n) is 4.10. The van der Waals surface area contributed by atoms with Crippen molar-refractivity contribution in [2.24, 2.45) is 0 Å². The number of carbonyl (C=O) groups is 1. The maximum absolute atomic E-state index is 12.1. The van der Waals surface area contributed by atoms with Crippen LogP contribution in [0.5, 0.6) is 5.75 Å². The summed E-state index contributed by atoms with van der Waals surface area (Å²) < 4.78 is 10.3. The van der Waals surface area contributed by atoms with E-state index in [0.29, 0.717) is 22.2 Å². The van der Waals surface area contributed by atoms with Crippen molar-refractivity contribution in [3.05, 3.63) is 63.6 Å². The minimum absolute atomic E-state index is 0.276. The molecule has 2 aromatic carbocycles. The monoisotopic (exact) mass is 310 g/mol.